The molecule has 0 radical (unpaired) electrons. The molecule has 5 heterocycles. The van der Waals surface area contributed by atoms with E-state index in [0.29, 0.717) is 36.2 Å². The number of hydrogen-bond acceptors (Lipinski definition) is 13. The molecule has 5 N–H and O–H groups in total. The van der Waals surface area contributed by atoms with Crippen molar-refractivity contribution in [1.29, 1.82) is 0 Å². The molecule has 2 saturated heterocycles. The minimum atomic E-state index is -1.39. The van der Waals surface area contributed by atoms with Gasteiger partial charge in [-0.15, -0.1) is 22.7 Å². The van der Waals surface area contributed by atoms with Gasteiger partial charge in [-0.2, -0.15) is 0 Å². The summed E-state index contributed by atoms with van der Waals surface area (Å²) in [5, 5.41) is 31.6. The van der Waals surface area contributed by atoms with Crippen LogP contribution in [0.25, 0.3) is 10.4 Å². The van der Waals surface area contributed by atoms with E-state index >= 15 is 4.39 Å². The molecular weight excluding hydrogens is 958 g/mol. The summed E-state index contributed by atoms with van der Waals surface area (Å²) >= 11 is 2.75. The number of phenols is 1. The number of benzene rings is 3. The molecule has 2 aromatic heterocycles. The van der Waals surface area contributed by atoms with Gasteiger partial charge < -0.3 is 35.5 Å². The van der Waals surface area contributed by atoms with Crippen LogP contribution < -0.4 is 16.0 Å². The Morgan fingerprint density at radius 3 is 2.42 bits per heavy atom. The van der Waals surface area contributed by atoms with Crippen LogP contribution in [0.1, 0.15) is 97.3 Å². The van der Waals surface area contributed by atoms with Crippen molar-refractivity contribution in [2.24, 2.45) is 5.41 Å². The van der Waals surface area contributed by atoms with Crippen molar-refractivity contribution in [3.8, 4) is 28.0 Å². The quantitative estimate of drug-likeness (QED) is 0.0621. The number of nitrogens with zero attached hydrogens (tertiary/aromatic N) is 6. The number of nitrogens with one attached hydrogen (secondary N) is 3. The molecule has 3 unspecified atom stereocenters. The number of thiazole rings is 2. The number of aliphatic hydroxyl groups excluding tert-OH is 1. The normalized spacial score (nSPS) is 18.5. The fourth-order valence-electron chi connectivity index (χ4n) is 9.49. The van der Waals surface area contributed by atoms with Crippen molar-refractivity contribution in [3.05, 3.63) is 117 Å². The van der Waals surface area contributed by atoms with E-state index in [4.69, 9.17) is 0 Å². The number of fused-ring (bicyclic) bond motifs is 1. The highest BCUT2D eigenvalue weighted by Gasteiger charge is 2.45. The number of carbonyl (C=O) groups excluding carboxylic acids is 5. The van der Waals surface area contributed by atoms with E-state index in [1.165, 1.54) is 33.4 Å². The molecule has 5 atom stereocenters. The molecule has 8 rings (SSSR count). The third kappa shape index (κ3) is 12.0. The number of phenolic OH excluding ortho intramolecular Hbond substituents is 1. The van der Waals surface area contributed by atoms with Crippen molar-refractivity contribution >= 4 is 57.3 Å². The second-order valence-electron chi connectivity index (χ2n) is 19.6. The molecule has 0 spiro atoms. The smallest absolute Gasteiger partial charge is 0.256 e. The Kier molecular flexibility index (Phi) is 16.2. The molecule has 5 aromatic rings. The number of piperazine rings is 1. The summed E-state index contributed by atoms with van der Waals surface area (Å²) in [5.41, 5.74) is 5.38. The standard InChI is InChI=1S/C53H60FN9O7S2/c1-32(34-13-15-36(16-14-34)46-33(2)56-31-72-46)57-48(67)42-27-39(65)29-62(42)51(70)47(53(3,4)5)58-43(66)30-61-23-21-60(22-24-61)20-8-6-7-10-35-11-9-12-37-28-63(50(69)44(35)37)45(40-26-38(64)17-18-41(40)54)49(68)59-52-55-19-25-71-52/h9,11-19,25-26,31-32,39,42,45,47,64-65H,6,8,20-24,27-30H2,1-5H3,(H,57,67)(H,58,66)(H,55,59,68)/t32?,39-,42+,45?,47?/m1/s1. The molecule has 3 aliphatic rings. The lowest BCUT2D eigenvalue weighted by Gasteiger charge is -2.37. The topological polar surface area (TPSA) is 201 Å². The molecule has 0 saturated carbocycles. The molecule has 72 heavy (non-hydrogen) atoms. The van der Waals surface area contributed by atoms with Gasteiger partial charge in [0.2, 0.25) is 17.7 Å². The molecular formula is C53H60FN9O7S2. The van der Waals surface area contributed by atoms with Crippen LogP contribution in [-0.4, -0.2) is 133 Å². The summed E-state index contributed by atoms with van der Waals surface area (Å²) in [6.45, 7) is 13.1. The SMILES string of the molecule is Cc1ncsc1-c1ccc(C(C)NC(=O)[C@@H]2C[C@@H](O)CN2C(=O)C(NC(=O)CN2CCN(CCCC#Cc3cccc4c3C(=O)N(C(C(=O)Nc3nccs3)c3cc(O)ccc3F)C4)CC2)C(C)(C)C)cc1. The Morgan fingerprint density at radius 1 is 0.972 bits per heavy atom. The first-order valence-corrected chi connectivity index (χ1v) is 25.8. The van der Waals surface area contributed by atoms with E-state index in [1.807, 2.05) is 64.4 Å². The number of likely N-dealkylation sites (tertiary alicyclic amines) is 1. The molecule has 16 nitrogen and oxygen atoms in total. The molecule has 5 amide bonds. The fourth-order valence-corrected chi connectivity index (χ4v) is 10.8. The summed E-state index contributed by atoms with van der Waals surface area (Å²) in [7, 11) is 0. The minimum Gasteiger partial charge on any atom is -0.508 e. The molecule has 378 valence electrons. The fraction of sp³-hybridized carbons (Fsp3) is 0.415. The Labute approximate surface area is 426 Å². The molecule has 0 aliphatic carbocycles. The molecule has 2 fully saturated rings. The maximum atomic E-state index is 15.3. The number of carbonyl (C=O) groups is 5. The number of anilines is 1. The van der Waals surface area contributed by atoms with Gasteiger partial charge in [-0.05, 0) is 73.2 Å². The second-order valence-corrected chi connectivity index (χ2v) is 21.4. The molecule has 19 heteroatoms. The highest BCUT2D eigenvalue weighted by Crippen LogP contribution is 2.37. The lowest BCUT2D eigenvalue weighted by atomic mass is 9.85. The zero-order chi connectivity index (χ0) is 51.3. The van der Waals surface area contributed by atoms with Crippen LogP contribution in [0.3, 0.4) is 0 Å². The average molecular weight is 1020 g/mol. The zero-order valence-electron chi connectivity index (χ0n) is 41.0. The van der Waals surface area contributed by atoms with Gasteiger partial charge in [0, 0.05) is 74.8 Å². The maximum absolute atomic E-state index is 15.3. The Hall–Kier alpha value is -6.56. The van der Waals surface area contributed by atoms with Gasteiger partial charge in [0.15, 0.2) is 5.13 Å². The third-order valence-electron chi connectivity index (χ3n) is 13.4. The highest BCUT2D eigenvalue weighted by atomic mass is 32.1. The summed E-state index contributed by atoms with van der Waals surface area (Å²) in [5.74, 6) is 3.15. The van der Waals surface area contributed by atoms with Gasteiger partial charge in [-0.25, -0.2) is 14.4 Å². The predicted octanol–water partition coefficient (Wildman–Crippen LogP) is 5.87. The summed E-state index contributed by atoms with van der Waals surface area (Å²) in [6.07, 6.45) is 2.04. The Bertz CT molecular complexity index is 2850. The van der Waals surface area contributed by atoms with Crippen molar-refractivity contribution in [2.45, 2.75) is 90.7 Å². The number of unbranched alkanes of at least 4 members (excludes halogenated alkanes) is 1. The van der Waals surface area contributed by atoms with Crippen molar-refractivity contribution in [2.75, 3.05) is 51.1 Å². The Balaban J connectivity index is 0.807. The van der Waals surface area contributed by atoms with Gasteiger partial charge in [0.05, 0.1) is 40.3 Å². The number of halogens is 1. The van der Waals surface area contributed by atoms with Crippen molar-refractivity contribution in [1.82, 2.24) is 40.2 Å². The van der Waals surface area contributed by atoms with Gasteiger partial charge in [0.1, 0.15) is 29.7 Å². The van der Waals surface area contributed by atoms with Crippen LogP contribution in [-0.2, 0) is 25.7 Å². The second kappa shape index (κ2) is 22.5. The van der Waals surface area contributed by atoms with E-state index < -0.39 is 53.2 Å². The molecule has 3 aliphatic heterocycles. The minimum absolute atomic E-state index is 0.0144. The van der Waals surface area contributed by atoms with E-state index in [-0.39, 0.29) is 60.4 Å². The molecule has 0 bridgehead atoms. The summed E-state index contributed by atoms with van der Waals surface area (Å²) in [4.78, 5) is 85.9. The lowest BCUT2D eigenvalue weighted by molar-refractivity contribution is -0.144. The van der Waals surface area contributed by atoms with Crippen molar-refractivity contribution < 1.29 is 38.6 Å². The maximum Gasteiger partial charge on any atom is 0.256 e. The van der Waals surface area contributed by atoms with E-state index in [2.05, 4.69) is 47.6 Å². The van der Waals surface area contributed by atoms with E-state index in [1.54, 1.807) is 34.9 Å². The summed E-state index contributed by atoms with van der Waals surface area (Å²) < 4.78 is 15.3. The number of aliphatic hydroxyl groups is 1. The van der Waals surface area contributed by atoms with Gasteiger partial charge in [-0.1, -0.05) is 69.0 Å². The van der Waals surface area contributed by atoms with Crippen LogP contribution in [0.2, 0.25) is 0 Å². The first-order chi connectivity index (χ1) is 34.4. The van der Waals surface area contributed by atoms with Gasteiger partial charge >= 0.3 is 0 Å². The monoisotopic (exact) mass is 1020 g/mol. The van der Waals surface area contributed by atoms with Crippen LogP contribution in [0.4, 0.5) is 9.52 Å². The van der Waals surface area contributed by atoms with Crippen LogP contribution >= 0.6 is 22.7 Å². The summed E-state index contributed by atoms with van der Waals surface area (Å²) in [6, 6.07) is 13.1. The van der Waals surface area contributed by atoms with Gasteiger partial charge in [0.25, 0.3) is 11.8 Å². The number of hydrogen-bond donors (Lipinski definition) is 5. The molecule has 3 aromatic carbocycles. The Morgan fingerprint density at radius 2 is 1.72 bits per heavy atom. The number of β-amino-alcohol motifs (C(OH)–C–C–N with tert-alkyl or cyclic N) is 1. The van der Waals surface area contributed by atoms with E-state index in [0.717, 1.165) is 59.9 Å². The number of amides is 5. The number of aryl methyl sites for hydroxylation is 1. The van der Waals surface area contributed by atoms with E-state index in [9.17, 15) is 34.2 Å². The highest BCUT2D eigenvalue weighted by molar-refractivity contribution is 7.14. The van der Waals surface area contributed by atoms with Crippen LogP contribution in [0.15, 0.2) is 77.8 Å². The van der Waals surface area contributed by atoms with Crippen LogP contribution in [0, 0.1) is 30.0 Å². The average Bonchev–Trinajstić information content (AvgIpc) is 4.17. The van der Waals surface area contributed by atoms with Crippen molar-refractivity contribution in [3.63, 3.8) is 0 Å². The predicted molar refractivity (Wildman–Crippen MR) is 273 cm³/mol. The lowest BCUT2D eigenvalue weighted by Crippen LogP contribution is -2.59. The van der Waals surface area contributed by atoms with Crippen LogP contribution in [0.5, 0.6) is 5.75 Å². The van der Waals surface area contributed by atoms with Gasteiger partial charge in [-0.3, -0.25) is 34.2 Å². The zero-order valence-corrected chi connectivity index (χ0v) is 42.6. The number of aromatic hydroxyl groups is 1. The first-order valence-electron chi connectivity index (χ1n) is 24.1. The number of rotatable bonds is 15. The first kappa shape index (κ1) is 51.8. The number of aromatic nitrogens is 2. The third-order valence-corrected chi connectivity index (χ3v) is 15.0. The largest absolute Gasteiger partial charge is 0.508 e.